The number of aromatic carboxylic acids is 1. The van der Waals surface area contributed by atoms with E-state index in [2.05, 4.69) is 17.4 Å². The van der Waals surface area contributed by atoms with Crippen molar-refractivity contribution in [3.63, 3.8) is 0 Å². The molecule has 3 rings (SSSR count). The summed E-state index contributed by atoms with van der Waals surface area (Å²) in [6.45, 7) is 3.75. The van der Waals surface area contributed by atoms with E-state index in [1.54, 1.807) is 12.1 Å². The minimum atomic E-state index is -0.988. The van der Waals surface area contributed by atoms with Crippen molar-refractivity contribution in [2.45, 2.75) is 25.9 Å². The van der Waals surface area contributed by atoms with E-state index in [1.807, 2.05) is 55.5 Å². The second kappa shape index (κ2) is 11.3. The zero-order chi connectivity index (χ0) is 22.1. The van der Waals surface area contributed by atoms with E-state index in [1.165, 1.54) is 5.56 Å². The lowest BCUT2D eigenvalue weighted by atomic mass is 10.0. The Bertz CT molecular complexity index is 970. The Labute approximate surface area is 183 Å². The fourth-order valence-electron chi connectivity index (χ4n) is 3.34. The summed E-state index contributed by atoms with van der Waals surface area (Å²) in [6.07, 6.45) is 1.15. The van der Waals surface area contributed by atoms with Gasteiger partial charge in [-0.25, -0.2) is 4.79 Å². The summed E-state index contributed by atoms with van der Waals surface area (Å²) in [7, 11) is 0. The lowest BCUT2D eigenvalue weighted by Crippen LogP contribution is -2.23. The number of hydrogen-bond donors (Lipinski definition) is 3. The van der Waals surface area contributed by atoms with Gasteiger partial charge in [-0.2, -0.15) is 0 Å². The lowest BCUT2D eigenvalue weighted by Gasteiger charge is -2.13. The van der Waals surface area contributed by atoms with Gasteiger partial charge in [0, 0.05) is 6.54 Å². The molecule has 1 atom stereocenters. The van der Waals surface area contributed by atoms with Gasteiger partial charge in [-0.15, -0.1) is 0 Å². The molecule has 0 amide bonds. The second-order valence-corrected chi connectivity index (χ2v) is 7.44. The number of rotatable bonds is 11. The van der Waals surface area contributed by atoms with Crippen LogP contribution in [-0.2, 0) is 6.42 Å². The standard InChI is InChI=1S/C26H29NO4/c1-2-16-31-25-17-22(12-13-23(25)26(29)30)20-10-8-19(9-11-20)14-15-27-18-24(28)21-6-4-3-5-7-21/h3-13,17,24,27-28H,2,14-16,18H2,1H3,(H,29,30)/t24-/m0/s1. The number of aliphatic hydroxyl groups excluding tert-OH is 1. The Morgan fingerprint density at radius 2 is 1.71 bits per heavy atom. The Hall–Kier alpha value is -3.15. The molecule has 162 valence electrons. The number of hydrogen-bond acceptors (Lipinski definition) is 4. The second-order valence-electron chi connectivity index (χ2n) is 7.44. The molecule has 0 spiro atoms. The summed E-state index contributed by atoms with van der Waals surface area (Å²) in [4.78, 5) is 11.4. The molecule has 0 aromatic heterocycles. The first kappa shape index (κ1) is 22.5. The molecule has 0 aliphatic heterocycles. The number of carbonyl (C=O) groups is 1. The first-order chi connectivity index (χ1) is 15.1. The minimum Gasteiger partial charge on any atom is -0.493 e. The minimum absolute atomic E-state index is 0.178. The fraction of sp³-hybridized carbons (Fsp3) is 0.269. The maximum atomic E-state index is 11.4. The van der Waals surface area contributed by atoms with Crippen molar-refractivity contribution in [1.82, 2.24) is 5.32 Å². The largest absolute Gasteiger partial charge is 0.493 e. The van der Waals surface area contributed by atoms with Crippen molar-refractivity contribution in [2.75, 3.05) is 19.7 Å². The van der Waals surface area contributed by atoms with Gasteiger partial charge in [-0.05, 0) is 53.8 Å². The molecule has 0 saturated carbocycles. The van der Waals surface area contributed by atoms with Crippen LogP contribution in [0.25, 0.3) is 11.1 Å². The number of benzene rings is 3. The Morgan fingerprint density at radius 1 is 1.00 bits per heavy atom. The molecule has 0 aliphatic rings. The quantitative estimate of drug-likeness (QED) is 0.393. The van der Waals surface area contributed by atoms with Crippen molar-refractivity contribution in [1.29, 1.82) is 0 Å². The molecule has 0 saturated heterocycles. The van der Waals surface area contributed by atoms with Gasteiger partial charge < -0.3 is 20.3 Å². The molecule has 3 aromatic rings. The van der Waals surface area contributed by atoms with Crippen LogP contribution in [0.2, 0.25) is 0 Å². The van der Waals surface area contributed by atoms with Crippen LogP contribution in [0, 0.1) is 0 Å². The zero-order valence-corrected chi connectivity index (χ0v) is 17.8. The van der Waals surface area contributed by atoms with Crippen LogP contribution in [0.15, 0.2) is 72.8 Å². The lowest BCUT2D eigenvalue weighted by molar-refractivity contribution is 0.0692. The van der Waals surface area contributed by atoms with E-state index in [0.717, 1.165) is 36.1 Å². The number of nitrogens with one attached hydrogen (secondary N) is 1. The SMILES string of the molecule is CCCOc1cc(-c2ccc(CCNC[C@H](O)c3ccccc3)cc2)ccc1C(=O)O. The third-order valence-corrected chi connectivity index (χ3v) is 5.07. The maximum Gasteiger partial charge on any atom is 0.339 e. The van der Waals surface area contributed by atoms with Crippen LogP contribution in [0.4, 0.5) is 0 Å². The maximum absolute atomic E-state index is 11.4. The van der Waals surface area contributed by atoms with Gasteiger partial charge in [-0.1, -0.05) is 67.6 Å². The molecule has 3 aromatic carbocycles. The number of carboxylic acid groups (broad SMARTS) is 1. The predicted octanol–water partition coefficient (Wildman–Crippen LogP) is 4.71. The number of ether oxygens (including phenoxy) is 1. The first-order valence-corrected chi connectivity index (χ1v) is 10.6. The van der Waals surface area contributed by atoms with Crippen molar-refractivity contribution in [3.8, 4) is 16.9 Å². The molecule has 0 heterocycles. The molecule has 31 heavy (non-hydrogen) atoms. The van der Waals surface area contributed by atoms with Crippen molar-refractivity contribution in [3.05, 3.63) is 89.5 Å². The Morgan fingerprint density at radius 3 is 2.39 bits per heavy atom. The van der Waals surface area contributed by atoms with Gasteiger partial charge in [0.15, 0.2) is 0 Å². The van der Waals surface area contributed by atoms with E-state index in [4.69, 9.17) is 4.74 Å². The van der Waals surface area contributed by atoms with Crippen LogP contribution < -0.4 is 10.1 Å². The summed E-state index contributed by atoms with van der Waals surface area (Å²) in [5, 5.41) is 22.9. The van der Waals surface area contributed by atoms with Crippen LogP contribution in [0.3, 0.4) is 0 Å². The molecule has 0 radical (unpaired) electrons. The van der Waals surface area contributed by atoms with Crippen molar-refractivity contribution >= 4 is 5.97 Å². The van der Waals surface area contributed by atoms with E-state index in [-0.39, 0.29) is 5.56 Å². The molecule has 5 heteroatoms. The predicted molar refractivity (Wildman–Crippen MR) is 123 cm³/mol. The van der Waals surface area contributed by atoms with Gasteiger partial charge in [0.2, 0.25) is 0 Å². The van der Waals surface area contributed by atoms with Crippen LogP contribution in [-0.4, -0.2) is 35.9 Å². The summed E-state index contributed by atoms with van der Waals surface area (Å²) in [5.41, 5.74) is 4.21. The van der Waals surface area contributed by atoms with Crippen LogP contribution in [0.1, 0.15) is 40.9 Å². The molecular weight excluding hydrogens is 390 g/mol. The number of carboxylic acids is 1. The van der Waals surface area contributed by atoms with E-state index >= 15 is 0 Å². The molecule has 0 bridgehead atoms. The summed E-state index contributed by atoms with van der Waals surface area (Å²) in [5.74, 6) is -0.588. The highest BCUT2D eigenvalue weighted by molar-refractivity contribution is 5.92. The molecule has 3 N–H and O–H groups in total. The topological polar surface area (TPSA) is 78.8 Å². The van der Waals surface area contributed by atoms with Gasteiger partial charge in [0.1, 0.15) is 11.3 Å². The average Bonchev–Trinajstić information content (AvgIpc) is 2.81. The summed E-state index contributed by atoms with van der Waals surface area (Å²) >= 11 is 0. The average molecular weight is 420 g/mol. The normalized spacial score (nSPS) is 11.8. The first-order valence-electron chi connectivity index (χ1n) is 10.6. The van der Waals surface area contributed by atoms with E-state index in [9.17, 15) is 15.0 Å². The molecule has 5 nitrogen and oxygen atoms in total. The Kier molecular flexibility index (Phi) is 8.21. The van der Waals surface area contributed by atoms with E-state index in [0.29, 0.717) is 18.9 Å². The van der Waals surface area contributed by atoms with Gasteiger partial charge in [-0.3, -0.25) is 0 Å². The number of aliphatic hydroxyl groups is 1. The third-order valence-electron chi connectivity index (χ3n) is 5.07. The summed E-state index contributed by atoms with van der Waals surface area (Å²) in [6, 6.07) is 23.0. The van der Waals surface area contributed by atoms with Crippen LogP contribution >= 0.6 is 0 Å². The Balaban J connectivity index is 1.56. The highest BCUT2D eigenvalue weighted by Gasteiger charge is 2.13. The van der Waals surface area contributed by atoms with Gasteiger partial charge in [0.05, 0.1) is 12.7 Å². The molecule has 0 fully saturated rings. The van der Waals surface area contributed by atoms with Gasteiger partial charge >= 0.3 is 5.97 Å². The molecular formula is C26H29NO4. The van der Waals surface area contributed by atoms with Crippen molar-refractivity contribution in [2.24, 2.45) is 0 Å². The summed E-state index contributed by atoms with van der Waals surface area (Å²) < 4.78 is 5.64. The highest BCUT2D eigenvalue weighted by atomic mass is 16.5. The van der Waals surface area contributed by atoms with Crippen molar-refractivity contribution < 1.29 is 19.7 Å². The van der Waals surface area contributed by atoms with Gasteiger partial charge in [0.25, 0.3) is 0 Å². The highest BCUT2D eigenvalue weighted by Crippen LogP contribution is 2.28. The molecule has 0 aliphatic carbocycles. The third kappa shape index (κ3) is 6.41. The smallest absolute Gasteiger partial charge is 0.339 e. The zero-order valence-electron chi connectivity index (χ0n) is 17.8. The van der Waals surface area contributed by atoms with E-state index < -0.39 is 12.1 Å². The monoisotopic (exact) mass is 419 g/mol. The fourth-order valence-corrected chi connectivity index (χ4v) is 3.34. The van der Waals surface area contributed by atoms with Crippen LogP contribution in [0.5, 0.6) is 5.75 Å². The molecule has 0 unspecified atom stereocenters.